The lowest BCUT2D eigenvalue weighted by Gasteiger charge is -2.07. The number of carboxylic acids is 1. The highest BCUT2D eigenvalue weighted by atomic mass is 16.4. The first-order valence-electron chi connectivity index (χ1n) is 9.95. The van der Waals surface area contributed by atoms with Crippen molar-refractivity contribution in [3.8, 4) is 11.3 Å². The Morgan fingerprint density at radius 3 is 2.38 bits per heavy atom. The lowest BCUT2D eigenvalue weighted by atomic mass is 10.2. The summed E-state index contributed by atoms with van der Waals surface area (Å²) in [6, 6.07) is 19.6. The van der Waals surface area contributed by atoms with Gasteiger partial charge in [0.25, 0.3) is 11.8 Å². The summed E-state index contributed by atoms with van der Waals surface area (Å²) in [7, 11) is 0. The number of carbonyl (C=O) groups is 3. The molecule has 0 saturated heterocycles. The second-order valence-electron chi connectivity index (χ2n) is 7.10. The van der Waals surface area contributed by atoms with Gasteiger partial charge in [0.05, 0.1) is 12.1 Å². The van der Waals surface area contributed by atoms with Gasteiger partial charge in [-0.1, -0.05) is 30.3 Å². The van der Waals surface area contributed by atoms with Crippen molar-refractivity contribution in [1.82, 2.24) is 14.7 Å². The smallest absolute Gasteiger partial charge is 0.305 e. The van der Waals surface area contributed by atoms with Crippen molar-refractivity contribution in [1.29, 1.82) is 0 Å². The number of fused-ring (bicyclic) bond motifs is 1. The van der Waals surface area contributed by atoms with Crippen LogP contribution in [0.1, 0.15) is 27.1 Å². The Morgan fingerprint density at radius 1 is 0.906 bits per heavy atom. The third-order valence-corrected chi connectivity index (χ3v) is 4.82. The third-order valence-electron chi connectivity index (χ3n) is 4.82. The molecule has 0 bridgehead atoms. The zero-order chi connectivity index (χ0) is 22.5. The highest BCUT2D eigenvalue weighted by molar-refractivity contribution is 6.05. The molecule has 0 fully saturated rings. The molecule has 2 amide bonds. The summed E-state index contributed by atoms with van der Waals surface area (Å²) in [5.41, 5.74) is 3.84. The molecule has 160 valence electrons. The number of aliphatic carboxylic acids is 1. The fourth-order valence-corrected chi connectivity index (χ4v) is 3.16. The van der Waals surface area contributed by atoms with Gasteiger partial charge in [-0.25, -0.2) is 4.98 Å². The molecule has 0 aliphatic carbocycles. The van der Waals surface area contributed by atoms with E-state index in [1.807, 2.05) is 40.9 Å². The summed E-state index contributed by atoms with van der Waals surface area (Å²) >= 11 is 0. The second kappa shape index (κ2) is 9.13. The number of imidazole rings is 1. The minimum absolute atomic E-state index is 0.0505. The number of benzene rings is 2. The highest BCUT2D eigenvalue weighted by Gasteiger charge is 2.11. The van der Waals surface area contributed by atoms with Gasteiger partial charge in [0.15, 0.2) is 0 Å². The second-order valence-corrected chi connectivity index (χ2v) is 7.10. The zero-order valence-electron chi connectivity index (χ0n) is 17.0. The molecule has 8 nitrogen and oxygen atoms in total. The van der Waals surface area contributed by atoms with Crippen molar-refractivity contribution in [2.75, 3.05) is 11.9 Å². The van der Waals surface area contributed by atoms with Crippen LogP contribution < -0.4 is 10.6 Å². The van der Waals surface area contributed by atoms with E-state index < -0.39 is 5.97 Å². The number of amides is 2. The Morgan fingerprint density at radius 2 is 1.66 bits per heavy atom. The number of nitrogens with one attached hydrogen (secondary N) is 2. The quantitative estimate of drug-likeness (QED) is 0.417. The predicted octanol–water partition coefficient (Wildman–Crippen LogP) is 3.46. The Bertz CT molecular complexity index is 1280. The fraction of sp³-hybridized carbons (Fsp3) is 0.0833. The molecule has 2 aromatic carbocycles. The van der Waals surface area contributed by atoms with Gasteiger partial charge in [-0.05, 0) is 36.4 Å². The maximum absolute atomic E-state index is 12.7. The summed E-state index contributed by atoms with van der Waals surface area (Å²) < 4.78 is 1.86. The molecule has 0 saturated carbocycles. The number of anilines is 1. The molecule has 0 atom stereocenters. The van der Waals surface area contributed by atoms with Gasteiger partial charge in [-0.2, -0.15) is 0 Å². The van der Waals surface area contributed by atoms with Crippen molar-refractivity contribution < 1.29 is 19.5 Å². The molecule has 0 aliphatic heterocycles. The molecular weight excluding hydrogens is 408 g/mol. The minimum atomic E-state index is -0.979. The summed E-state index contributed by atoms with van der Waals surface area (Å²) in [6.07, 6.45) is 3.55. The SMILES string of the molecule is O=C(O)CCNC(=O)c1ccc(NC(=O)c2ccn3cc(-c4ccccc4)nc3c2)cc1. The average Bonchev–Trinajstić information content (AvgIpc) is 3.23. The van der Waals surface area contributed by atoms with Crippen LogP contribution >= 0.6 is 0 Å². The van der Waals surface area contributed by atoms with E-state index in [2.05, 4.69) is 15.6 Å². The van der Waals surface area contributed by atoms with Crippen LogP contribution in [0, 0.1) is 0 Å². The fourth-order valence-electron chi connectivity index (χ4n) is 3.16. The lowest BCUT2D eigenvalue weighted by Crippen LogP contribution is -2.25. The van der Waals surface area contributed by atoms with Gasteiger partial charge in [-0.3, -0.25) is 14.4 Å². The van der Waals surface area contributed by atoms with Crippen LogP contribution in [-0.2, 0) is 4.79 Å². The summed E-state index contributed by atoms with van der Waals surface area (Å²) in [4.78, 5) is 39.8. The molecule has 0 radical (unpaired) electrons. The van der Waals surface area contributed by atoms with E-state index in [-0.39, 0.29) is 24.8 Å². The van der Waals surface area contributed by atoms with Crippen molar-refractivity contribution in [2.45, 2.75) is 6.42 Å². The van der Waals surface area contributed by atoms with Crippen LogP contribution in [0.4, 0.5) is 5.69 Å². The van der Waals surface area contributed by atoms with E-state index >= 15 is 0 Å². The summed E-state index contributed by atoms with van der Waals surface area (Å²) in [5, 5.41) is 14.0. The van der Waals surface area contributed by atoms with Crippen molar-refractivity contribution in [3.05, 3.63) is 90.3 Å². The molecule has 2 heterocycles. The first-order valence-corrected chi connectivity index (χ1v) is 9.95. The molecule has 0 unspecified atom stereocenters. The molecule has 4 rings (SSSR count). The maximum atomic E-state index is 12.7. The van der Waals surface area contributed by atoms with Crippen LogP contribution in [-0.4, -0.2) is 38.8 Å². The number of carbonyl (C=O) groups excluding carboxylic acids is 2. The first-order chi connectivity index (χ1) is 15.5. The summed E-state index contributed by atoms with van der Waals surface area (Å²) in [6.45, 7) is 0.0505. The highest BCUT2D eigenvalue weighted by Crippen LogP contribution is 2.20. The Labute approximate surface area is 183 Å². The number of rotatable bonds is 7. The van der Waals surface area contributed by atoms with Crippen molar-refractivity contribution in [2.24, 2.45) is 0 Å². The van der Waals surface area contributed by atoms with Crippen molar-refractivity contribution in [3.63, 3.8) is 0 Å². The molecule has 3 N–H and O–H groups in total. The van der Waals surface area contributed by atoms with Gasteiger partial charge in [0, 0.05) is 41.3 Å². The van der Waals surface area contributed by atoms with E-state index in [0.29, 0.717) is 22.5 Å². The van der Waals surface area contributed by atoms with Crippen LogP contribution in [0.3, 0.4) is 0 Å². The Kier molecular flexibility index (Phi) is 5.94. The van der Waals surface area contributed by atoms with E-state index in [4.69, 9.17) is 5.11 Å². The molecule has 8 heteroatoms. The number of pyridine rings is 1. The average molecular weight is 428 g/mol. The van der Waals surface area contributed by atoms with Crippen LogP contribution in [0.2, 0.25) is 0 Å². The molecule has 4 aromatic rings. The third kappa shape index (κ3) is 4.81. The monoisotopic (exact) mass is 428 g/mol. The van der Waals surface area contributed by atoms with E-state index in [1.165, 1.54) is 0 Å². The van der Waals surface area contributed by atoms with Gasteiger partial charge in [0.1, 0.15) is 5.65 Å². The van der Waals surface area contributed by atoms with E-state index in [1.54, 1.807) is 42.6 Å². The minimum Gasteiger partial charge on any atom is -0.481 e. The number of hydrogen-bond donors (Lipinski definition) is 3. The maximum Gasteiger partial charge on any atom is 0.305 e. The van der Waals surface area contributed by atoms with Gasteiger partial charge < -0.3 is 20.1 Å². The number of carboxylic acid groups (broad SMARTS) is 1. The van der Waals surface area contributed by atoms with Crippen LogP contribution in [0.25, 0.3) is 16.9 Å². The number of hydrogen-bond acceptors (Lipinski definition) is 4. The Balaban J connectivity index is 1.43. The zero-order valence-corrected chi connectivity index (χ0v) is 17.0. The first kappa shape index (κ1) is 20.8. The van der Waals surface area contributed by atoms with E-state index in [0.717, 1.165) is 11.3 Å². The predicted molar refractivity (Wildman–Crippen MR) is 120 cm³/mol. The standard InChI is InChI=1S/C24H20N4O4/c29-22(30)10-12-25-23(31)17-6-8-19(9-7-17)26-24(32)18-11-13-28-15-20(27-21(28)14-18)16-4-2-1-3-5-16/h1-9,11,13-15H,10,12H2,(H,25,31)(H,26,32)(H,29,30). The molecule has 0 spiro atoms. The number of aromatic nitrogens is 2. The molecular formula is C24H20N4O4. The molecule has 0 aliphatic rings. The van der Waals surface area contributed by atoms with Gasteiger partial charge in [0.2, 0.25) is 0 Å². The number of nitrogens with zero attached hydrogens (tertiary/aromatic N) is 2. The van der Waals surface area contributed by atoms with Crippen LogP contribution in [0.15, 0.2) is 79.1 Å². The van der Waals surface area contributed by atoms with Crippen molar-refractivity contribution >= 4 is 29.1 Å². The summed E-state index contributed by atoms with van der Waals surface area (Å²) in [5.74, 6) is -1.65. The van der Waals surface area contributed by atoms with E-state index in [9.17, 15) is 14.4 Å². The normalized spacial score (nSPS) is 10.6. The molecule has 2 aromatic heterocycles. The van der Waals surface area contributed by atoms with Crippen LogP contribution in [0.5, 0.6) is 0 Å². The Hall–Kier alpha value is -4.46. The molecule has 32 heavy (non-hydrogen) atoms. The van der Waals surface area contributed by atoms with Gasteiger partial charge >= 0.3 is 5.97 Å². The largest absolute Gasteiger partial charge is 0.481 e. The topological polar surface area (TPSA) is 113 Å². The van der Waals surface area contributed by atoms with Gasteiger partial charge in [-0.15, -0.1) is 0 Å². The lowest BCUT2D eigenvalue weighted by molar-refractivity contribution is -0.136.